The van der Waals surface area contributed by atoms with Crippen molar-refractivity contribution < 1.29 is 13.2 Å². The Morgan fingerprint density at radius 1 is 1.13 bits per heavy atom. The monoisotopic (exact) mass is 426 g/mol. The highest BCUT2D eigenvalue weighted by Crippen LogP contribution is 2.34. The van der Waals surface area contributed by atoms with Gasteiger partial charge in [0.2, 0.25) is 0 Å². The van der Waals surface area contributed by atoms with Crippen molar-refractivity contribution in [3.63, 3.8) is 0 Å². The number of fused-ring (bicyclic) bond motifs is 2. The van der Waals surface area contributed by atoms with Crippen LogP contribution in [-0.2, 0) is 16.4 Å². The summed E-state index contributed by atoms with van der Waals surface area (Å²) in [7, 11) is -1.81. The zero-order valence-electron chi connectivity index (χ0n) is 17.1. The van der Waals surface area contributed by atoms with Crippen LogP contribution in [0.2, 0.25) is 0 Å². The second-order valence-electron chi connectivity index (χ2n) is 8.02. The van der Waals surface area contributed by atoms with E-state index in [4.69, 9.17) is 4.74 Å². The quantitative estimate of drug-likeness (QED) is 0.625. The van der Waals surface area contributed by atoms with Crippen molar-refractivity contribution in [3.8, 4) is 5.75 Å². The molecule has 0 N–H and O–H groups in total. The van der Waals surface area contributed by atoms with Crippen molar-refractivity contribution in [2.75, 3.05) is 44.7 Å². The highest BCUT2D eigenvalue weighted by Gasteiger charge is 2.25. The van der Waals surface area contributed by atoms with Crippen LogP contribution in [0.4, 0.5) is 5.69 Å². The Morgan fingerprint density at radius 2 is 1.97 bits per heavy atom. The van der Waals surface area contributed by atoms with Crippen molar-refractivity contribution >= 4 is 26.7 Å². The van der Waals surface area contributed by atoms with E-state index in [0.29, 0.717) is 17.9 Å². The van der Waals surface area contributed by atoms with Crippen LogP contribution in [0.15, 0.2) is 47.6 Å². The second-order valence-corrected chi connectivity index (χ2v) is 9.84. The lowest BCUT2D eigenvalue weighted by Gasteiger charge is -2.28. The molecule has 1 aromatic carbocycles. The summed E-state index contributed by atoms with van der Waals surface area (Å²) in [5, 5.41) is 0. The van der Waals surface area contributed by atoms with Gasteiger partial charge in [-0.1, -0.05) is 0 Å². The molecule has 8 heteroatoms. The second kappa shape index (κ2) is 7.59. The summed E-state index contributed by atoms with van der Waals surface area (Å²) in [6.07, 6.45) is 6.75. The molecule has 0 spiro atoms. The Kier molecular flexibility index (Phi) is 4.91. The van der Waals surface area contributed by atoms with E-state index in [1.165, 1.54) is 16.8 Å². The van der Waals surface area contributed by atoms with Crippen LogP contribution in [0.5, 0.6) is 5.75 Å². The Morgan fingerprint density at radius 3 is 2.80 bits per heavy atom. The predicted molar refractivity (Wildman–Crippen MR) is 117 cm³/mol. The molecule has 0 saturated carbocycles. The van der Waals surface area contributed by atoms with E-state index < -0.39 is 10.0 Å². The molecule has 0 radical (unpaired) electrons. The maximum absolute atomic E-state index is 13.6. The van der Waals surface area contributed by atoms with Crippen molar-refractivity contribution in [2.24, 2.45) is 0 Å². The van der Waals surface area contributed by atoms with E-state index in [1.54, 1.807) is 36.7 Å². The van der Waals surface area contributed by atoms with Crippen molar-refractivity contribution in [1.29, 1.82) is 0 Å². The van der Waals surface area contributed by atoms with Crippen LogP contribution in [0.1, 0.15) is 18.4 Å². The molecule has 0 aliphatic carbocycles. The van der Waals surface area contributed by atoms with Crippen LogP contribution in [-0.4, -0.2) is 62.1 Å². The lowest BCUT2D eigenvalue weighted by molar-refractivity contribution is 0.311. The van der Waals surface area contributed by atoms with Gasteiger partial charge in [-0.2, -0.15) is 0 Å². The minimum Gasteiger partial charge on any atom is -0.490 e. The standard InChI is InChI=1S/C22H26N4O3S/c1-24-13-14-29-21-7-6-18(15-20(21)24)30(27,28)26-16-17(8-12-25-10-2-3-11-25)22-19(26)5-4-9-23-22/h4-7,9,15-16H,2-3,8,10-14H2,1H3. The number of benzene rings is 1. The van der Waals surface area contributed by atoms with E-state index in [-0.39, 0.29) is 4.90 Å². The Hall–Kier alpha value is -2.58. The Labute approximate surface area is 176 Å². The maximum atomic E-state index is 13.6. The van der Waals surface area contributed by atoms with E-state index in [1.807, 2.05) is 18.0 Å². The molecule has 158 valence electrons. The molecule has 1 saturated heterocycles. The van der Waals surface area contributed by atoms with Crippen LogP contribution >= 0.6 is 0 Å². The third-order valence-electron chi connectivity index (χ3n) is 6.08. The zero-order valence-corrected chi connectivity index (χ0v) is 17.9. The minimum absolute atomic E-state index is 0.255. The first-order chi connectivity index (χ1) is 14.5. The van der Waals surface area contributed by atoms with Gasteiger partial charge in [-0.05, 0) is 68.2 Å². The molecule has 2 aromatic heterocycles. The van der Waals surface area contributed by atoms with Gasteiger partial charge in [-0.3, -0.25) is 4.98 Å². The summed E-state index contributed by atoms with van der Waals surface area (Å²) in [6.45, 7) is 4.50. The Bertz CT molecular complexity index is 1180. The van der Waals surface area contributed by atoms with Gasteiger partial charge in [0.05, 0.1) is 28.2 Å². The number of hydrogen-bond donors (Lipinski definition) is 0. The normalized spacial score (nSPS) is 17.3. The third-order valence-corrected chi connectivity index (χ3v) is 7.75. The van der Waals surface area contributed by atoms with Crippen molar-refractivity contribution in [1.82, 2.24) is 13.9 Å². The number of aromatic nitrogens is 2. The first-order valence-corrected chi connectivity index (χ1v) is 11.9. The summed E-state index contributed by atoms with van der Waals surface area (Å²) in [5.74, 6) is 0.716. The number of likely N-dealkylation sites (tertiary alicyclic amines) is 1. The zero-order chi connectivity index (χ0) is 20.7. The molecule has 1 fully saturated rings. The molecular weight excluding hydrogens is 400 g/mol. The summed E-state index contributed by atoms with van der Waals surface area (Å²) in [4.78, 5) is 9.21. The van der Waals surface area contributed by atoms with E-state index in [9.17, 15) is 8.42 Å². The number of hydrogen-bond acceptors (Lipinski definition) is 6. The fourth-order valence-corrected chi connectivity index (χ4v) is 5.77. The topological polar surface area (TPSA) is 67.7 Å². The SMILES string of the molecule is CN1CCOc2ccc(S(=O)(=O)n3cc(CCN4CCCC4)c4ncccc43)cc21. The summed E-state index contributed by atoms with van der Waals surface area (Å²) >= 11 is 0. The first kappa shape index (κ1) is 19.4. The highest BCUT2D eigenvalue weighted by molar-refractivity contribution is 7.90. The number of anilines is 1. The van der Waals surface area contributed by atoms with Gasteiger partial charge in [0.15, 0.2) is 0 Å². The number of likely N-dealkylation sites (N-methyl/N-ethyl adjacent to an activating group) is 1. The van der Waals surface area contributed by atoms with E-state index >= 15 is 0 Å². The average molecular weight is 427 g/mol. The van der Waals surface area contributed by atoms with Gasteiger partial charge in [0.25, 0.3) is 10.0 Å². The molecule has 0 amide bonds. The highest BCUT2D eigenvalue weighted by atomic mass is 32.2. The fraction of sp³-hybridized carbons (Fsp3) is 0.409. The van der Waals surface area contributed by atoms with Gasteiger partial charge in [-0.15, -0.1) is 0 Å². The average Bonchev–Trinajstić information content (AvgIpc) is 3.40. The molecular formula is C22H26N4O3S. The van der Waals surface area contributed by atoms with Crippen LogP contribution in [0.25, 0.3) is 11.0 Å². The van der Waals surface area contributed by atoms with Crippen LogP contribution in [0.3, 0.4) is 0 Å². The summed E-state index contributed by atoms with van der Waals surface area (Å²) < 4.78 is 34.2. The molecule has 2 aliphatic heterocycles. The first-order valence-electron chi connectivity index (χ1n) is 10.4. The lowest BCUT2D eigenvalue weighted by Crippen LogP contribution is -2.29. The molecule has 3 aromatic rings. The van der Waals surface area contributed by atoms with E-state index in [0.717, 1.165) is 49.4 Å². The molecule has 30 heavy (non-hydrogen) atoms. The fourth-order valence-electron chi connectivity index (χ4n) is 4.37. The number of pyridine rings is 1. The largest absolute Gasteiger partial charge is 0.490 e. The Balaban J connectivity index is 1.54. The molecule has 2 aliphatic rings. The molecule has 4 heterocycles. The van der Waals surface area contributed by atoms with Crippen molar-refractivity contribution in [3.05, 3.63) is 48.3 Å². The summed E-state index contributed by atoms with van der Waals surface area (Å²) in [6, 6.07) is 8.69. The number of ether oxygens (including phenoxy) is 1. The van der Waals surface area contributed by atoms with Gasteiger partial charge in [0.1, 0.15) is 12.4 Å². The van der Waals surface area contributed by atoms with Crippen molar-refractivity contribution in [2.45, 2.75) is 24.2 Å². The molecule has 0 bridgehead atoms. The number of rotatable bonds is 5. The van der Waals surface area contributed by atoms with Crippen LogP contribution < -0.4 is 9.64 Å². The minimum atomic E-state index is -3.76. The van der Waals surface area contributed by atoms with Gasteiger partial charge < -0.3 is 14.5 Å². The van der Waals surface area contributed by atoms with Gasteiger partial charge in [0, 0.05) is 26.0 Å². The van der Waals surface area contributed by atoms with Gasteiger partial charge in [-0.25, -0.2) is 12.4 Å². The van der Waals surface area contributed by atoms with Crippen LogP contribution in [0, 0.1) is 0 Å². The lowest BCUT2D eigenvalue weighted by atomic mass is 10.2. The molecule has 0 unspecified atom stereocenters. The third kappa shape index (κ3) is 3.33. The smallest absolute Gasteiger partial charge is 0.268 e. The summed E-state index contributed by atoms with van der Waals surface area (Å²) in [5.41, 5.74) is 3.15. The number of nitrogens with zero attached hydrogens (tertiary/aromatic N) is 4. The molecule has 0 atom stereocenters. The molecule has 5 rings (SSSR count). The molecule has 7 nitrogen and oxygen atoms in total. The van der Waals surface area contributed by atoms with E-state index in [2.05, 4.69) is 9.88 Å². The predicted octanol–water partition coefficient (Wildman–Crippen LogP) is 2.74. The van der Waals surface area contributed by atoms with Gasteiger partial charge >= 0.3 is 0 Å². The maximum Gasteiger partial charge on any atom is 0.268 e.